The number of amides is 1. The first-order valence-corrected chi connectivity index (χ1v) is 7.80. The Bertz CT molecular complexity index is 411. The summed E-state index contributed by atoms with van der Waals surface area (Å²) in [6, 6.07) is 8.70. The van der Waals surface area contributed by atoms with E-state index in [-0.39, 0.29) is 12.4 Å². The predicted octanol–water partition coefficient (Wildman–Crippen LogP) is 2.95. The monoisotopic (exact) mass is 310 g/mol. The highest BCUT2D eigenvalue weighted by Crippen LogP contribution is 2.09. The maximum atomic E-state index is 12.1. The molecule has 21 heavy (non-hydrogen) atoms. The first kappa shape index (κ1) is 18.0. The second kappa shape index (κ2) is 9.80. The zero-order valence-electron chi connectivity index (χ0n) is 12.9. The molecule has 1 fully saturated rings. The molecule has 3 nitrogen and oxygen atoms in total. The second-order valence-electron chi connectivity index (χ2n) is 5.68. The summed E-state index contributed by atoms with van der Waals surface area (Å²) in [4.78, 5) is 14.1. The number of rotatable bonds is 5. The largest absolute Gasteiger partial charge is 0.341 e. The lowest BCUT2D eigenvalue weighted by molar-refractivity contribution is -0.131. The number of aryl methyl sites for hydroxylation is 2. The van der Waals surface area contributed by atoms with Crippen molar-refractivity contribution >= 4 is 18.3 Å². The van der Waals surface area contributed by atoms with Crippen LogP contribution in [-0.2, 0) is 11.2 Å². The highest BCUT2D eigenvalue weighted by molar-refractivity contribution is 5.85. The van der Waals surface area contributed by atoms with E-state index in [0.29, 0.717) is 12.3 Å². The Morgan fingerprint density at radius 1 is 1.14 bits per heavy atom. The first-order chi connectivity index (χ1) is 9.75. The molecule has 1 aliphatic heterocycles. The van der Waals surface area contributed by atoms with Crippen molar-refractivity contribution < 1.29 is 4.79 Å². The van der Waals surface area contributed by atoms with Crippen LogP contribution < -0.4 is 5.32 Å². The van der Waals surface area contributed by atoms with Crippen LogP contribution in [0.2, 0.25) is 0 Å². The molecule has 0 aliphatic carbocycles. The van der Waals surface area contributed by atoms with Crippen molar-refractivity contribution in [3.05, 3.63) is 35.4 Å². The van der Waals surface area contributed by atoms with Gasteiger partial charge in [0.05, 0.1) is 0 Å². The van der Waals surface area contributed by atoms with Crippen LogP contribution in [-0.4, -0.2) is 37.0 Å². The molecule has 1 amide bonds. The van der Waals surface area contributed by atoms with Crippen LogP contribution in [0.4, 0.5) is 0 Å². The number of carbonyl (C=O) groups is 1. The molecule has 1 saturated heterocycles. The van der Waals surface area contributed by atoms with Gasteiger partial charge < -0.3 is 10.2 Å². The van der Waals surface area contributed by atoms with Gasteiger partial charge in [-0.25, -0.2) is 0 Å². The van der Waals surface area contributed by atoms with E-state index in [9.17, 15) is 4.79 Å². The van der Waals surface area contributed by atoms with Crippen molar-refractivity contribution in [2.45, 2.75) is 39.0 Å². The smallest absolute Gasteiger partial charge is 0.222 e. The molecule has 1 aromatic rings. The van der Waals surface area contributed by atoms with Crippen molar-refractivity contribution in [3.63, 3.8) is 0 Å². The maximum absolute atomic E-state index is 12.1. The summed E-state index contributed by atoms with van der Waals surface area (Å²) in [7, 11) is 0. The molecule has 0 spiro atoms. The summed E-state index contributed by atoms with van der Waals surface area (Å²) >= 11 is 0. The highest BCUT2D eigenvalue weighted by Gasteiger charge is 2.14. The van der Waals surface area contributed by atoms with Crippen molar-refractivity contribution in [1.82, 2.24) is 10.2 Å². The van der Waals surface area contributed by atoms with Gasteiger partial charge in [-0.1, -0.05) is 29.8 Å². The molecule has 1 aromatic carbocycles. The van der Waals surface area contributed by atoms with E-state index < -0.39 is 0 Å². The van der Waals surface area contributed by atoms with E-state index in [4.69, 9.17) is 0 Å². The van der Waals surface area contributed by atoms with Crippen molar-refractivity contribution in [2.24, 2.45) is 0 Å². The third kappa shape index (κ3) is 6.49. The zero-order chi connectivity index (χ0) is 14.2. The van der Waals surface area contributed by atoms with Gasteiger partial charge in [0.15, 0.2) is 0 Å². The molecule has 2 rings (SSSR count). The van der Waals surface area contributed by atoms with Crippen LogP contribution >= 0.6 is 12.4 Å². The molecule has 0 radical (unpaired) electrons. The Morgan fingerprint density at radius 3 is 2.67 bits per heavy atom. The van der Waals surface area contributed by atoms with Gasteiger partial charge >= 0.3 is 0 Å². The minimum absolute atomic E-state index is 0. The number of nitrogens with zero attached hydrogens (tertiary/aromatic N) is 1. The minimum Gasteiger partial charge on any atom is -0.341 e. The van der Waals surface area contributed by atoms with E-state index >= 15 is 0 Å². The Balaban J connectivity index is 0.00000220. The number of unbranched alkanes of at least 4 members (excludes halogenated alkanes) is 1. The quantitative estimate of drug-likeness (QED) is 0.848. The fourth-order valence-electron chi connectivity index (χ4n) is 2.61. The van der Waals surface area contributed by atoms with E-state index in [1.165, 1.54) is 11.1 Å². The Kier molecular flexibility index (Phi) is 8.40. The number of hydrogen-bond donors (Lipinski definition) is 1. The number of halogens is 1. The van der Waals surface area contributed by atoms with Gasteiger partial charge in [0.2, 0.25) is 5.91 Å². The molecule has 0 aromatic heterocycles. The molecule has 118 valence electrons. The third-order valence-corrected chi connectivity index (χ3v) is 3.92. The van der Waals surface area contributed by atoms with Crippen LogP contribution in [0.5, 0.6) is 0 Å². The van der Waals surface area contributed by atoms with E-state index in [1.54, 1.807) is 0 Å². The van der Waals surface area contributed by atoms with Crippen molar-refractivity contribution in [3.8, 4) is 0 Å². The van der Waals surface area contributed by atoms with E-state index in [1.807, 2.05) is 4.90 Å². The van der Waals surface area contributed by atoms with Crippen LogP contribution in [0.15, 0.2) is 24.3 Å². The standard InChI is InChI=1S/C17H26N2O.ClH/c1-15-7-9-16(10-8-15)5-2-3-6-17(20)19-13-4-11-18-12-14-19;/h7-10,18H,2-6,11-14H2,1H3;1H. The van der Waals surface area contributed by atoms with Gasteiger partial charge in [-0.3, -0.25) is 4.79 Å². The second-order valence-corrected chi connectivity index (χ2v) is 5.68. The molecule has 1 aliphatic rings. The fraction of sp³-hybridized carbons (Fsp3) is 0.588. The average molecular weight is 311 g/mol. The van der Waals surface area contributed by atoms with Crippen LogP contribution in [0.1, 0.15) is 36.8 Å². The number of nitrogens with one attached hydrogen (secondary N) is 1. The van der Waals surface area contributed by atoms with Gasteiger partial charge in [-0.15, -0.1) is 12.4 Å². The van der Waals surface area contributed by atoms with Gasteiger partial charge in [-0.05, 0) is 44.7 Å². The van der Waals surface area contributed by atoms with Gasteiger partial charge in [-0.2, -0.15) is 0 Å². The molecule has 1 heterocycles. The summed E-state index contributed by atoms with van der Waals surface area (Å²) in [5, 5.41) is 3.33. The summed E-state index contributed by atoms with van der Waals surface area (Å²) in [6.07, 6.45) is 4.95. The van der Waals surface area contributed by atoms with Crippen LogP contribution in [0, 0.1) is 6.92 Å². The summed E-state index contributed by atoms with van der Waals surface area (Å²) in [6.45, 7) is 5.88. The molecular weight excluding hydrogens is 284 g/mol. The van der Waals surface area contributed by atoms with Gasteiger partial charge in [0, 0.05) is 26.1 Å². The Hall–Kier alpha value is -1.06. The lowest BCUT2D eigenvalue weighted by Crippen LogP contribution is -2.33. The molecule has 0 saturated carbocycles. The summed E-state index contributed by atoms with van der Waals surface area (Å²) in [5.41, 5.74) is 2.68. The average Bonchev–Trinajstić information content (AvgIpc) is 2.74. The fourth-order valence-corrected chi connectivity index (χ4v) is 2.61. The predicted molar refractivity (Wildman–Crippen MR) is 90.0 cm³/mol. The molecule has 1 N–H and O–H groups in total. The van der Waals surface area contributed by atoms with Gasteiger partial charge in [0.1, 0.15) is 0 Å². The zero-order valence-corrected chi connectivity index (χ0v) is 13.8. The number of hydrogen-bond acceptors (Lipinski definition) is 2. The molecule has 4 heteroatoms. The van der Waals surface area contributed by atoms with Crippen LogP contribution in [0.25, 0.3) is 0 Å². The lowest BCUT2D eigenvalue weighted by Gasteiger charge is -2.19. The molecule has 0 bridgehead atoms. The summed E-state index contributed by atoms with van der Waals surface area (Å²) in [5.74, 6) is 0.331. The normalized spacial score (nSPS) is 15.2. The van der Waals surface area contributed by atoms with E-state index in [2.05, 4.69) is 36.5 Å². The molecular formula is C17H27ClN2O. The highest BCUT2D eigenvalue weighted by atomic mass is 35.5. The van der Waals surface area contributed by atoms with E-state index in [0.717, 1.165) is 51.9 Å². The number of benzene rings is 1. The summed E-state index contributed by atoms with van der Waals surface area (Å²) < 4.78 is 0. The SMILES string of the molecule is Cc1ccc(CCCCC(=O)N2CCCNCC2)cc1.Cl. The van der Waals surface area contributed by atoms with Crippen molar-refractivity contribution in [2.75, 3.05) is 26.2 Å². The van der Waals surface area contributed by atoms with Crippen LogP contribution in [0.3, 0.4) is 0 Å². The lowest BCUT2D eigenvalue weighted by atomic mass is 10.1. The Morgan fingerprint density at radius 2 is 1.90 bits per heavy atom. The first-order valence-electron chi connectivity index (χ1n) is 7.80. The number of carbonyl (C=O) groups excluding carboxylic acids is 1. The van der Waals surface area contributed by atoms with Gasteiger partial charge in [0.25, 0.3) is 0 Å². The van der Waals surface area contributed by atoms with Crippen molar-refractivity contribution in [1.29, 1.82) is 0 Å². The topological polar surface area (TPSA) is 32.3 Å². The Labute approximate surface area is 134 Å². The maximum Gasteiger partial charge on any atom is 0.222 e. The minimum atomic E-state index is 0. The third-order valence-electron chi connectivity index (χ3n) is 3.92. The molecule has 0 unspecified atom stereocenters. The molecule has 0 atom stereocenters.